The van der Waals surface area contributed by atoms with Crippen LogP contribution in [0.5, 0.6) is 0 Å². The van der Waals surface area contributed by atoms with Crippen LogP contribution in [-0.4, -0.2) is 64.1 Å². The number of hydrogen-bond donors (Lipinski definition) is 1. The van der Waals surface area contributed by atoms with E-state index in [2.05, 4.69) is 10.2 Å². The maximum Gasteiger partial charge on any atom is 0.0700 e. The van der Waals surface area contributed by atoms with Crippen LogP contribution in [0.15, 0.2) is 0 Å². The predicted molar refractivity (Wildman–Crippen MR) is 68.3 cm³/mol. The molecular weight excluding hydrogens is 216 g/mol. The number of fused-ring (bicyclic) bond motifs is 1. The predicted octanol–water partition coefficient (Wildman–Crippen LogP) is 0.723. The molecule has 2 rings (SSSR count). The van der Waals surface area contributed by atoms with Crippen LogP contribution in [0.1, 0.15) is 19.3 Å². The molecule has 2 unspecified atom stereocenters. The second kappa shape index (κ2) is 7.31. The summed E-state index contributed by atoms with van der Waals surface area (Å²) in [5.41, 5.74) is 0. The molecule has 2 saturated heterocycles. The molecule has 0 saturated carbocycles. The number of nitrogens with one attached hydrogen (secondary N) is 1. The maximum atomic E-state index is 5.51. The van der Waals surface area contributed by atoms with Gasteiger partial charge in [0.1, 0.15) is 0 Å². The van der Waals surface area contributed by atoms with E-state index in [0.29, 0.717) is 6.61 Å². The van der Waals surface area contributed by atoms with Crippen molar-refractivity contribution in [3.8, 4) is 0 Å². The summed E-state index contributed by atoms with van der Waals surface area (Å²) in [6.45, 7) is 7.19. The van der Waals surface area contributed by atoms with Gasteiger partial charge in [-0.3, -0.25) is 4.90 Å². The molecule has 2 fully saturated rings. The minimum Gasteiger partial charge on any atom is -0.382 e. The number of piperidine rings is 1. The van der Waals surface area contributed by atoms with E-state index in [4.69, 9.17) is 9.47 Å². The average molecular weight is 242 g/mol. The first kappa shape index (κ1) is 13.3. The number of methoxy groups -OCH3 is 1. The number of nitrogens with zero attached hydrogens (tertiary/aromatic N) is 1. The zero-order valence-corrected chi connectivity index (χ0v) is 11.0. The zero-order chi connectivity index (χ0) is 11.9. The fourth-order valence-corrected chi connectivity index (χ4v) is 3.06. The first-order chi connectivity index (χ1) is 8.42. The van der Waals surface area contributed by atoms with E-state index < -0.39 is 0 Å². The van der Waals surface area contributed by atoms with Crippen molar-refractivity contribution < 1.29 is 9.47 Å². The van der Waals surface area contributed by atoms with Crippen LogP contribution in [0.25, 0.3) is 0 Å². The average Bonchev–Trinajstić information content (AvgIpc) is 2.82. The van der Waals surface area contributed by atoms with Crippen LogP contribution >= 0.6 is 0 Å². The first-order valence-corrected chi connectivity index (χ1v) is 6.93. The van der Waals surface area contributed by atoms with Crippen molar-refractivity contribution in [1.29, 1.82) is 0 Å². The summed E-state index contributed by atoms with van der Waals surface area (Å²) in [6, 6.07) is 0.794. The summed E-state index contributed by atoms with van der Waals surface area (Å²) in [5.74, 6) is 0.901. The molecule has 0 aromatic carbocycles. The van der Waals surface area contributed by atoms with Gasteiger partial charge in [0.15, 0.2) is 0 Å². The van der Waals surface area contributed by atoms with Crippen LogP contribution in [0.3, 0.4) is 0 Å². The Morgan fingerprint density at radius 2 is 2.18 bits per heavy atom. The Bertz CT molecular complexity index is 214. The van der Waals surface area contributed by atoms with Crippen LogP contribution in [0.4, 0.5) is 0 Å². The van der Waals surface area contributed by atoms with E-state index in [9.17, 15) is 0 Å². The molecule has 17 heavy (non-hydrogen) atoms. The SMILES string of the molecule is COCCOCCCN1CCCC2CNCC21. The van der Waals surface area contributed by atoms with Gasteiger partial charge in [-0.1, -0.05) is 0 Å². The highest BCUT2D eigenvalue weighted by Crippen LogP contribution is 2.26. The van der Waals surface area contributed by atoms with Crippen molar-refractivity contribution >= 4 is 0 Å². The van der Waals surface area contributed by atoms with E-state index in [-0.39, 0.29) is 0 Å². The summed E-state index contributed by atoms with van der Waals surface area (Å²) >= 11 is 0. The van der Waals surface area contributed by atoms with Crippen molar-refractivity contribution in [2.45, 2.75) is 25.3 Å². The van der Waals surface area contributed by atoms with Crippen LogP contribution < -0.4 is 5.32 Å². The standard InChI is InChI=1S/C13H26N2O2/c1-16-8-9-17-7-3-6-15-5-2-4-12-10-14-11-13(12)15/h12-14H,2-11H2,1H3. The lowest BCUT2D eigenvalue weighted by molar-refractivity contribution is 0.0571. The van der Waals surface area contributed by atoms with E-state index in [1.54, 1.807) is 7.11 Å². The molecular formula is C13H26N2O2. The summed E-state index contributed by atoms with van der Waals surface area (Å²) in [7, 11) is 1.71. The van der Waals surface area contributed by atoms with E-state index in [0.717, 1.165) is 31.6 Å². The van der Waals surface area contributed by atoms with Gasteiger partial charge in [-0.05, 0) is 38.3 Å². The number of rotatable bonds is 7. The summed E-state index contributed by atoms with van der Waals surface area (Å²) in [6.07, 6.45) is 3.93. The van der Waals surface area contributed by atoms with Crippen molar-refractivity contribution in [3.05, 3.63) is 0 Å². The van der Waals surface area contributed by atoms with Gasteiger partial charge in [-0.25, -0.2) is 0 Å². The van der Waals surface area contributed by atoms with Crippen molar-refractivity contribution in [2.75, 3.05) is 53.1 Å². The lowest BCUT2D eigenvalue weighted by atomic mass is 9.92. The zero-order valence-electron chi connectivity index (χ0n) is 11.0. The molecule has 0 bridgehead atoms. The van der Waals surface area contributed by atoms with Crippen molar-refractivity contribution in [3.63, 3.8) is 0 Å². The van der Waals surface area contributed by atoms with Gasteiger partial charge >= 0.3 is 0 Å². The van der Waals surface area contributed by atoms with Crippen LogP contribution in [0.2, 0.25) is 0 Å². The lowest BCUT2D eigenvalue weighted by Gasteiger charge is -2.37. The van der Waals surface area contributed by atoms with Gasteiger partial charge in [-0.15, -0.1) is 0 Å². The molecule has 0 spiro atoms. The minimum absolute atomic E-state index is 0.707. The number of hydrogen-bond acceptors (Lipinski definition) is 4. The molecule has 2 heterocycles. The highest BCUT2D eigenvalue weighted by molar-refractivity contribution is 4.91. The molecule has 4 nitrogen and oxygen atoms in total. The Morgan fingerprint density at radius 3 is 3.06 bits per heavy atom. The molecule has 0 amide bonds. The Labute approximate surface area is 105 Å². The van der Waals surface area contributed by atoms with Crippen LogP contribution in [0, 0.1) is 5.92 Å². The highest BCUT2D eigenvalue weighted by Gasteiger charge is 2.34. The molecule has 0 aromatic rings. The quantitative estimate of drug-likeness (QED) is 0.667. The second-order valence-corrected chi connectivity index (χ2v) is 5.12. The largest absolute Gasteiger partial charge is 0.382 e. The molecule has 0 aliphatic carbocycles. The van der Waals surface area contributed by atoms with Gasteiger partial charge in [0.2, 0.25) is 0 Å². The summed E-state index contributed by atoms with van der Waals surface area (Å²) < 4.78 is 10.5. The molecule has 100 valence electrons. The van der Waals surface area contributed by atoms with Gasteiger partial charge < -0.3 is 14.8 Å². The molecule has 0 radical (unpaired) electrons. The van der Waals surface area contributed by atoms with Crippen LogP contribution in [-0.2, 0) is 9.47 Å². The highest BCUT2D eigenvalue weighted by atomic mass is 16.5. The minimum atomic E-state index is 0.707. The van der Waals surface area contributed by atoms with Gasteiger partial charge in [-0.2, -0.15) is 0 Å². The molecule has 0 aromatic heterocycles. The van der Waals surface area contributed by atoms with E-state index in [1.807, 2.05) is 0 Å². The number of ether oxygens (including phenoxy) is 2. The van der Waals surface area contributed by atoms with Gasteiger partial charge in [0, 0.05) is 32.8 Å². The third-order valence-electron chi connectivity index (χ3n) is 3.96. The van der Waals surface area contributed by atoms with Crippen molar-refractivity contribution in [2.24, 2.45) is 5.92 Å². The summed E-state index contributed by atoms with van der Waals surface area (Å²) in [5, 5.41) is 3.52. The first-order valence-electron chi connectivity index (χ1n) is 6.93. The molecule has 4 heteroatoms. The Hall–Kier alpha value is -0.160. The van der Waals surface area contributed by atoms with E-state index in [1.165, 1.54) is 39.0 Å². The smallest absolute Gasteiger partial charge is 0.0700 e. The van der Waals surface area contributed by atoms with Crippen molar-refractivity contribution in [1.82, 2.24) is 10.2 Å². The maximum absolute atomic E-state index is 5.51. The molecule has 2 aliphatic heterocycles. The third kappa shape index (κ3) is 3.91. The second-order valence-electron chi connectivity index (χ2n) is 5.12. The molecule has 1 N–H and O–H groups in total. The van der Waals surface area contributed by atoms with Gasteiger partial charge in [0.05, 0.1) is 13.2 Å². The molecule has 2 aliphatic rings. The Morgan fingerprint density at radius 1 is 1.24 bits per heavy atom. The Balaban J connectivity index is 1.58. The Kier molecular flexibility index (Phi) is 5.71. The molecule has 2 atom stereocenters. The fraction of sp³-hybridized carbons (Fsp3) is 1.00. The number of likely N-dealkylation sites (tertiary alicyclic amines) is 1. The monoisotopic (exact) mass is 242 g/mol. The fourth-order valence-electron chi connectivity index (χ4n) is 3.06. The lowest BCUT2D eigenvalue weighted by Crippen LogP contribution is -2.45. The third-order valence-corrected chi connectivity index (χ3v) is 3.96. The van der Waals surface area contributed by atoms with Gasteiger partial charge in [0.25, 0.3) is 0 Å². The topological polar surface area (TPSA) is 33.7 Å². The normalized spacial score (nSPS) is 29.5. The van der Waals surface area contributed by atoms with E-state index >= 15 is 0 Å². The summed E-state index contributed by atoms with van der Waals surface area (Å²) in [4.78, 5) is 2.66.